The summed E-state index contributed by atoms with van der Waals surface area (Å²) in [4.78, 5) is 34.6. The Bertz CT molecular complexity index is 1110. The van der Waals surface area contributed by atoms with Crippen LogP contribution in [0.15, 0.2) is 47.4 Å². The highest BCUT2D eigenvalue weighted by Gasteiger charge is 2.27. The van der Waals surface area contributed by atoms with Crippen molar-refractivity contribution in [1.29, 1.82) is 0 Å². The number of carbonyl (C=O) groups is 2. The molecule has 0 bridgehead atoms. The van der Waals surface area contributed by atoms with Gasteiger partial charge >= 0.3 is 5.97 Å². The van der Waals surface area contributed by atoms with E-state index in [0.717, 1.165) is 12.1 Å². The van der Waals surface area contributed by atoms with E-state index in [1.54, 1.807) is 0 Å². The number of nitro groups is 1. The number of carbonyl (C=O) groups excluding carboxylic acids is 2. The third kappa shape index (κ3) is 6.62. The van der Waals surface area contributed by atoms with Gasteiger partial charge in [-0.2, -0.15) is 4.72 Å². The minimum Gasteiger partial charge on any atom is -0.451 e. The highest BCUT2D eigenvalue weighted by Crippen LogP contribution is 2.27. The number of anilines is 1. The third-order valence-electron chi connectivity index (χ3n) is 3.89. The second-order valence-corrected chi connectivity index (χ2v) is 8.84. The summed E-state index contributed by atoms with van der Waals surface area (Å²) < 4.78 is 31.8. The number of esters is 1. The molecule has 13 heteroatoms. The molecule has 2 atom stereocenters. The Morgan fingerprint density at radius 1 is 1.10 bits per heavy atom. The molecule has 0 saturated heterocycles. The van der Waals surface area contributed by atoms with Crippen molar-refractivity contribution in [3.05, 3.63) is 62.6 Å². The van der Waals surface area contributed by atoms with E-state index in [-0.39, 0.29) is 21.3 Å². The van der Waals surface area contributed by atoms with Crippen molar-refractivity contribution >= 4 is 56.5 Å². The van der Waals surface area contributed by atoms with Crippen LogP contribution in [-0.2, 0) is 24.3 Å². The summed E-state index contributed by atoms with van der Waals surface area (Å²) >= 11 is 11.6. The molecule has 0 aliphatic rings. The van der Waals surface area contributed by atoms with Crippen LogP contribution >= 0.6 is 23.2 Å². The lowest BCUT2D eigenvalue weighted by Crippen LogP contribution is -2.42. The molecule has 166 valence electrons. The molecule has 2 aromatic carbocycles. The normalized spacial score (nSPS) is 13.2. The van der Waals surface area contributed by atoms with Crippen molar-refractivity contribution < 1.29 is 27.7 Å². The van der Waals surface area contributed by atoms with Gasteiger partial charge < -0.3 is 10.1 Å². The van der Waals surface area contributed by atoms with Gasteiger partial charge in [-0.3, -0.25) is 19.7 Å². The fourth-order valence-electron chi connectivity index (χ4n) is 2.25. The van der Waals surface area contributed by atoms with Gasteiger partial charge in [0.2, 0.25) is 10.0 Å². The van der Waals surface area contributed by atoms with Gasteiger partial charge in [0, 0.05) is 17.2 Å². The minimum absolute atomic E-state index is 0.0414. The summed E-state index contributed by atoms with van der Waals surface area (Å²) in [7, 11) is -4.04. The van der Waals surface area contributed by atoms with Gasteiger partial charge in [0.1, 0.15) is 6.04 Å². The van der Waals surface area contributed by atoms with Gasteiger partial charge in [-0.25, -0.2) is 8.42 Å². The number of rotatable bonds is 8. The molecule has 31 heavy (non-hydrogen) atoms. The topological polar surface area (TPSA) is 145 Å². The van der Waals surface area contributed by atoms with Crippen molar-refractivity contribution in [3.8, 4) is 0 Å². The molecule has 0 radical (unpaired) electrons. The average molecular weight is 490 g/mol. The number of nitro benzene ring substituents is 1. The Kier molecular flexibility index (Phi) is 7.96. The number of amides is 1. The van der Waals surface area contributed by atoms with E-state index in [1.165, 1.54) is 44.2 Å². The first-order valence-corrected chi connectivity index (χ1v) is 10.9. The quantitative estimate of drug-likeness (QED) is 0.329. The Labute approximate surface area is 187 Å². The van der Waals surface area contributed by atoms with E-state index in [1.807, 2.05) is 0 Å². The van der Waals surface area contributed by atoms with Crippen LogP contribution in [0.1, 0.15) is 13.8 Å². The van der Waals surface area contributed by atoms with Gasteiger partial charge in [0.15, 0.2) is 6.10 Å². The number of benzene rings is 2. The largest absolute Gasteiger partial charge is 0.451 e. The van der Waals surface area contributed by atoms with Crippen LogP contribution < -0.4 is 10.0 Å². The predicted molar refractivity (Wildman–Crippen MR) is 114 cm³/mol. The Morgan fingerprint density at radius 2 is 1.71 bits per heavy atom. The van der Waals surface area contributed by atoms with Gasteiger partial charge in [-0.15, -0.1) is 0 Å². The maximum absolute atomic E-state index is 12.3. The zero-order chi connectivity index (χ0) is 23.3. The number of nitrogens with zero attached hydrogens (tertiary/aromatic N) is 1. The third-order valence-corrected chi connectivity index (χ3v) is 6.03. The van der Waals surface area contributed by atoms with Gasteiger partial charge in [-0.1, -0.05) is 23.2 Å². The Balaban J connectivity index is 2.01. The van der Waals surface area contributed by atoms with E-state index >= 15 is 0 Å². The van der Waals surface area contributed by atoms with Crippen LogP contribution in [0.2, 0.25) is 10.0 Å². The van der Waals surface area contributed by atoms with Crippen LogP contribution in [0.25, 0.3) is 0 Å². The molecule has 2 N–H and O–H groups in total. The van der Waals surface area contributed by atoms with Crippen LogP contribution in [0, 0.1) is 10.1 Å². The van der Waals surface area contributed by atoms with Gasteiger partial charge in [-0.05, 0) is 44.2 Å². The number of hydrogen-bond donors (Lipinski definition) is 2. The van der Waals surface area contributed by atoms with Crippen LogP contribution in [0.4, 0.5) is 11.4 Å². The van der Waals surface area contributed by atoms with Crippen molar-refractivity contribution in [2.45, 2.75) is 30.9 Å². The lowest BCUT2D eigenvalue weighted by atomic mass is 10.2. The van der Waals surface area contributed by atoms with E-state index in [0.29, 0.717) is 5.02 Å². The summed E-state index contributed by atoms with van der Waals surface area (Å²) in [6, 6.07) is 7.43. The molecular formula is C18H17Cl2N3O7S. The van der Waals surface area contributed by atoms with Crippen LogP contribution in [0.3, 0.4) is 0 Å². The van der Waals surface area contributed by atoms with Gasteiger partial charge in [0.05, 0.1) is 20.5 Å². The fraction of sp³-hybridized carbons (Fsp3) is 0.222. The average Bonchev–Trinajstić information content (AvgIpc) is 2.69. The summed E-state index contributed by atoms with van der Waals surface area (Å²) in [5.41, 5.74) is -0.338. The lowest BCUT2D eigenvalue weighted by Gasteiger charge is -2.18. The highest BCUT2D eigenvalue weighted by atomic mass is 35.5. The second kappa shape index (κ2) is 10.1. The first-order chi connectivity index (χ1) is 14.4. The van der Waals surface area contributed by atoms with Crippen LogP contribution in [0.5, 0.6) is 0 Å². The number of sulfonamides is 1. The molecule has 0 heterocycles. The zero-order valence-corrected chi connectivity index (χ0v) is 18.5. The van der Waals surface area contributed by atoms with Crippen molar-refractivity contribution in [2.24, 2.45) is 0 Å². The van der Waals surface area contributed by atoms with E-state index in [4.69, 9.17) is 27.9 Å². The number of non-ortho nitro benzene ring substituents is 1. The van der Waals surface area contributed by atoms with E-state index < -0.39 is 39.0 Å². The molecule has 1 amide bonds. The summed E-state index contributed by atoms with van der Waals surface area (Å²) in [5, 5.41) is 13.6. The van der Waals surface area contributed by atoms with Gasteiger partial charge in [0.25, 0.3) is 11.6 Å². The highest BCUT2D eigenvalue weighted by molar-refractivity contribution is 7.89. The summed E-state index contributed by atoms with van der Waals surface area (Å²) in [6.07, 6.45) is -1.34. The molecule has 0 aliphatic carbocycles. The molecule has 0 aromatic heterocycles. The number of halogens is 2. The maximum atomic E-state index is 12.3. The molecular weight excluding hydrogens is 473 g/mol. The number of nitrogens with one attached hydrogen (secondary N) is 2. The molecule has 0 saturated carbocycles. The predicted octanol–water partition coefficient (Wildman–Crippen LogP) is 3.14. The first-order valence-electron chi connectivity index (χ1n) is 8.64. The summed E-state index contributed by atoms with van der Waals surface area (Å²) in [6.45, 7) is 2.50. The molecule has 10 nitrogen and oxygen atoms in total. The van der Waals surface area contributed by atoms with E-state index in [2.05, 4.69) is 10.0 Å². The summed E-state index contributed by atoms with van der Waals surface area (Å²) in [5.74, 6) is -1.83. The maximum Gasteiger partial charge on any atom is 0.324 e. The monoisotopic (exact) mass is 489 g/mol. The molecule has 0 aliphatic heterocycles. The fourth-order valence-corrected chi connectivity index (χ4v) is 3.73. The standard InChI is InChI=1S/C18H17Cl2N3O7S/c1-10(22-31(28,29)14-6-3-12(19)4-7-14)18(25)30-11(2)17(24)21-16-9-13(23(26)27)5-8-15(16)20/h3-11,22H,1-2H3,(H,21,24)/t10-,11?/m0/s1. The van der Waals surface area contributed by atoms with Crippen LogP contribution in [-0.4, -0.2) is 37.4 Å². The molecule has 1 unspecified atom stereocenters. The number of ether oxygens (including phenoxy) is 1. The Morgan fingerprint density at radius 3 is 2.29 bits per heavy atom. The smallest absolute Gasteiger partial charge is 0.324 e. The number of hydrogen-bond acceptors (Lipinski definition) is 7. The molecule has 0 fully saturated rings. The zero-order valence-electron chi connectivity index (χ0n) is 16.2. The molecule has 2 rings (SSSR count). The van der Waals surface area contributed by atoms with Crippen molar-refractivity contribution in [1.82, 2.24) is 4.72 Å². The lowest BCUT2D eigenvalue weighted by molar-refractivity contribution is -0.384. The van der Waals surface area contributed by atoms with Crippen molar-refractivity contribution in [3.63, 3.8) is 0 Å². The minimum atomic E-state index is -4.04. The molecule has 0 spiro atoms. The Hall–Kier alpha value is -2.73. The van der Waals surface area contributed by atoms with E-state index in [9.17, 15) is 28.1 Å². The van der Waals surface area contributed by atoms with Crippen molar-refractivity contribution in [2.75, 3.05) is 5.32 Å². The first kappa shape index (κ1) is 24.5. The SMILES string of the molecule is CC(OC(=O)[C@H](C)NS(=O)(=O)c1ccc(Cl)cc1)C(=O)Nc1cc([N+](=O)[O-])ccc1Cl. The second-order valence-electron chi connectivity index (χ2n) is 6.29. The molecule has 2 aromatic rings.